The molecule has 1 saturated carbocycles. The van der Waals surface area contributed by atoms with Crippen LogP contribution < -0.4 is 10.6 Å². The Morgan fingerprint density at radius 3 is 2.65 bits per heavy atom. The number of aliphatic carboxylic acids is 1. The minimum Gasteiger partial charge on any atom is -0.479 e. The second-order valence-corrected chi connectivity index (χ2v) is 6.40. The van der Waals surface area contributed by atoms with Crippen molar-refractivity contribution in [2.24, 2.45) is 11.8 Å². The van der Waals surface area contributed by atoms with Crippen LogP contribution in [0.15, 0.2) is 17.5 Å². The van der Waals surface area contributed by atoms with Crippen molar-refractivity contribution in [3.8, 4) is 0 Å². The molecule has 0 aliphatic heterocycles. The number of carboxylic acid groups (broad SMARTS) is 1. The van der Waals surface area contributed by atoms with E-state index in [0.29, 0.717) is 16.7 Å². The molecule has 1 aromatic heterocycles. The van der Waals surface area contributed by atoms with Gasteiger partial charge in [-0.1, -0.05) is 19.9 Å². The van der Waals surface area contributed by atoms with Gasteiger partial charge in [0.25, 0.3) is 0 Å². The SMILES string of the molecule is CC1CCC(NC(=O)NC(C(=O)O)c2cccs2)C1C. The van der Waals surface area contributed by atoms with Crippen molar-refractivity contribution >= 4 is 23.3 Å². The minimum absolute atomic E-state index is 0.128. The Morgan fingerprint density at radius 1 is 1.40 bits per heavy atom. The lowest BCUT2D eigenvalue weighted by molar-refractivity contribution is -0.139. The van der Waals surface area contributed by atoms with Crippen molar-refractivity contribution in [2.45, 2.75) is 38.8 Å². The van der Waals surface area contributed by atoms with Crippen LogP contribution in [-0.2, 0) is 4.79 Å². The van der Waals surface area contributed by atoms with Gasteiger partial charge in [-0.05, 0) is 36.1 Å². The Morgan fingerprint density at radius 2 is 2.15 bits per heavy atom. The van der Waals surface area contributed by atoms with Gasteiger partial charge in [0.2, 0.25) is 0 Å². The van der Waals surface area contributed by atoms with Crippen LogP contribution in [-0.4, -0.2) is 23.1 Å². The van der Waals surface area contributed by atoms with Crippen molar-refractivity contribution in [3.63, 3.8) is 0 Å². The number of nitrogens with one attached hydrogen (secondary N) is 2. The summed E-state index contributed by atoms with van der Waals surface area (Å²) < 4.78 is 0. The Bertz CT molecular complexity index is 475. The lowest BCUT2D eigenvalue weighted by Crippen LogP contribution is -2.46. The molecule has 4 unspecified atom stereocenters. The van der Waals surface area contributed by atoms with Gasteiger partial charge >= 0.3 is 12.0 Å². The Hall–Kier alpha value is -1.56. The third-order valence-corrected chi connectivity index (χ3v) is 5.07. The number of hydrogen-bond acceptors (Lipinski definition) is 3. The van der Waals surface area contributed by atoms with Crippen LogP contribution in [0.3, 0.4) is 0 Å². The molecule has 1 heterocycles. The van der Waals surface area contributed by atoms with E-state index in [1.807, 2.05) is 0 Å². The number of amides is 2. The first-order valence-electron chi connectivity index (χ1n) is 6.82. The number of rotatable bonds is 4. The number of carbonyl (C=O) groups excluding carboxylic acids is 1. The van der Waals surface area contributed by atoms with Crippen molar-refractivity contribution in [3.05, 3.63) is 22.4 Å². The zero-order valence-electron chi connectivity index (χ0n) is 11.6. The van der Waals surface area contributed by atoms with Gasteiger partial charge in [0.05, 0.1) is 0 Å². The molecule has 0 aromatic carbocycles. The van der Waals surface area contributed by atoms with E-state index < -0.39 is 18.0 Å². The van der Waals surface area contributed by atoms with Crippen molar-refractivity contribution in [2.75, 3.05) is 0 Å². The van der Waals surface area contributed by atoms with Crippen molar-refractivity contribution in [1.82, 2.24) is 10.6 Å². The molecule has 110 valence electrons. The van der Waals surface area contributed by atoms with E-state index >= 15 is 0 Å². The van der Waals surface area contributed by atoms with E-state index in [0.717, 1.165) is 12.8 Å². The zero-order chi connectivity index (χ0) is 14.7. The summed E-state index contributed by atoms with van der Waals surface area (Å²) in [5.41, 5.74) is 0. The molecule has 2 amide bonds. The highest BCUT2D eigenvalue weighted by atomic mass is 32.1. The maximum atomic E-state index is 12.0. The van der Waals surface area contributed by atoms with Crippen LogP contribution in [0.2, 0.25) is 0 Å². The molecule has 6 heteroatoms. The maximum Gasteiger partial charge on any atom is 0.331 e. The van der Waals surface area contributed by atoms with E-state index in [2.05, 4.69) is 24.5 Å². The summed E-state index contributed by atoms with van der Waals surface area (Å²) in [4.78, 5) is 23.9. The largest absolute Gasteiger partial charge is 0.479 e. The molecule has 0 radical (unpaired) electrons. The molecule has 20 heavy (non-hydrogen) atoms. The topological polar surface area (TPSA) is 78.4 Å². The number of carboxylic acids is 1. The molecule has 1 aliphatic rings. The Balaban J connectivity index is 1.94. The lowest BCUT2D eigenvalue weighted by atomic mass is 9.98. The molecule has 2 rings (SSSR count). The normalized spacial score (nSPS) is 27.0. The fraction of sp³-hybridized carbons (Fsp3) is 0.571. The number of urea groups is 1. The summed E-state index contributed by atoms with van der Waals surface area (Å²) >= 11 is 1.32. The summed E-state index contributed by atoms with van der Waals surface area (Å²) in [6.45, 7) is 4.30. The molecule has 0 bridgehead atoms. The average molecular weight is 296 g/mol. The highest BCUT2D eigenvalue weighted by Gasteiger charge is 2.32. The Labute approximate surface area is 122 Å². The van der Waals surface area contributed by atoms with Crippen LogP contribution in [0.4, 0.5) is 4.79 Å². The molecule has 1 aromatic rings. The predicted octanol–water partition coefficient (Wildman–Crippen LogP) is 2.61. The molecular weight excluding hydrogens is 276 g/mol. The number of hydrogen-bond donors (Lipinski definition) is 3. The van der Waals surface area contributed by atoms with Gasteiger partial charge in [-0.25, -0.2) is 9.59 Å². The first-order chi connectivity index (χ1) is 9.49. The maximum absolute atomic E-state index is 12.0. The molecule has 0 saturated heterocycles. The summed E-state index contributed by atoms with van der Waals surface area (Å²) in [5.74, 6) is -0.0333. The van der Waals surface area contributed by atoms with Gasteiger partial charge < -0.3 is 15.7 Å². The average Bonchev–Trinajstić information content (AvgIpc) is 3.01. The lowest BCUT2D eigenvalue weighted by Gasteiger charge is -2.21. The van der Waals surface area contributed by atoms with Gasteiger partial charge in [-0.2, -0.15) is 0 Å². The van der Waals surface area contributed by atoms with Crippen LogP contribution in [0.1, 0.15) is 37.6 Å². The Kier molecular flexibility index (Phi) is 4.65. The molecule has 5 nitrogen and oxygen atoms in total. The van der Waals surface area contributed by atoms with E-state index in [1.165, 1.54) is 11.3 Å². The molecule has 4 atom stereocenters. The van der Waals surface area contributed by atoms with Gasteiger partial charge in [-0.3, -0.25) is 0 Å². The van der Waals surface area contributed by atoms with Crippen LogP contribution in [0.5, 0.6) is 0 Å². The van der Waals surface area contributed by atoms with Crippen molar-refractivity contribution < 1.29 is 14.7 Å². The van der Waals surface area contributed by atoms with Crippen LogP contribution >= 0.6 is 11.3 Å². The number of carbonyl (C=O) groups is 2. The molecule has 1 fully saturated rings. The van der Waals surface area contributed by atoms with Gasteiger partial charge in [0, 0.05) is 10.9 Å². The minimum atomic E-state index is -1.05. The van der Waals surface area contributed by atoms with E-state index in [9.17, 15) is 14.7 Å². The van der Waals surface area contributed by atoms with E-state index in [1.54, 1.807) is 17.5 Å². The van der Waals surface area contributed by atoms with Gasteiger partial charge in [0.1, 0.15) is 0 Å². The molecular formula is C14H20N2O3S. The highest BCUT2D eigenvalue weighted by Crippen LogP contribution is 2.31. The fourth-order valence-corrected chi connectivity index (χ4v) is 3.39. The van der Waals surface area contributed by atoms with Gasteiger partial charge in [0.15, 0.2) is 6.04 Å². The van der Waals surface area contributed by atoms with E-state index in [4.69, 9.17) is 0 Å². The van der Waals surface area contributed by atoms with E-state index in [-0.39, 0.29) is 6.04 Å². The summed E-state index contributed by atoms with van der Waals surface area (Å²) in [6.07, 6.45) is 2.05. The monoisotopic (exact) mass is 296 g/mol. The van der Waals surface area contributed by atoms with Crippen LogP contribution in [0, 0.1) is 11.8 Å². The molecule has 1 aliphatic carbocycles. The predicted molar refractivity (Wildman–Crippen MR) is 77.7 cm³/mol. The first kappa shape index (κ1) is 14.8. The molecule has 3 N–H and O–H groups in total. The first-order valence-corrected chi connectivity index (χ1v) is 7.70. The molecule has 0 spiro atoms. The summed E-state index contributed by atoms with van der Waals surface area (Å²) in [6, 6.07) is 2.23. The second-order valence-electron chi connectivity index (χ2n) is 5.42. The fourth-order valence-electron chi connectivity index (χ4n) is 2.62. The summed E-state index contributed by atoms with van der Waals surface area (Å²) in [7, 11) is 0. The smallest absolute Gasteiger partial charge is 0.331 e. The second kappa shape index (κ2) is 6.26. The zero-order valence-corrected chi connectivity index (χ0v) is 12.4. The standard InChI is InChI=1S/C14H20N2O3S/c1-8-5-6-10(9(8)2)15-14(19)16-12(13(17)18)11-4-3-7-20-11/h3-4,7-10,12H,5-6H2,1-2H3,(H,17,18)(H2,15,16,19). The third-order valence-electron chi connectivity index (χ3n) is 4.13. The highest BCUT2D eigenvalue weighted by molar-refractivity contribution is 7.10. The summed E-state index contributed by atoms with van der Waals surface area (Å²) in [5, 5.41) is 16.4. The van der Waals surface area contributed by atoms with Gasteiger partial charge in [-0.15, -0.1) is 11.3 Å². The van der Waals surface area contributed by atoms with Crippen LogP contribution in [0.25, 0.3) is 0 Å². The quantitative estimate of drug-likeness (QED) is 0.799. The third kappa shape index (κ3) is 3.30. The number of thiophene rings is 1. The van der Waals surface area contributed by atoms with Crippen molar-refractivity contribution in [1.29, 1.82) is 0 Å².